The summed E-state index contributed by atoms with van der Waals surface area (Å²) in [6, 6.07) is 13.0. The van der Waals surface area contributed by atoms with E-state index in [2.05, 4.69) is 4.98 Å². The highest BCUT2D eigenvalue weighted by atomic mass is 35.5. The zero-order chi connectivity index (χ0) is 18.1. The average Bonchev–Trinajstić information content (AvgIpc) is 3.50. The molecule has 1 heterocycles. The molecule has 132 valence electrons. The van der Waals surface area contributed by atoms with Crippen LogP contribution in [0.25, 0.3) is 10.9 Å². The van der Waals surface area contributed by atoms with E-state index < -0.39 is 0 Å². The Labute approximate surface area is 160 Å². The predicted octanol–water partition coefficient (Wildman–Crippen LogP) is 5.14. The second kappa shape index (κ2) is 7.25. The number of ether oxygens (including phenoxy) is 1. The lowest BCUT2D eigenvalue weighted by molar-refractivity contribution is 0.102. The average molecular weight is 385 g/mol. The molecule has 1 fully saturated rings. The minimum Gasteiger partial charge on any atom is -0.495 e. The lowest BCUT2D eigenvalue weighted by Crippen LogP contribution is -2.04. The summed E-state index contributed by atoms with van der Waals surface area (Å²) in [5.41, 5.74) is 1.51. The minimum atomic E-state index is 0.00946. The Balaban J connectivity index is 1.57. The van der Waals surface area contributed by atoms with E-state index in [9.17, 15) is 4.79 Å². The molecule has 0 atom stereocenters. The van der Waals surface area contributed by atoms with Crippen LogP contribution in [0, 0.1) is 0 Å². The molecule has 6 heteroatoms. The van der Waals surface area contributed by atoms with E-state index in [-0.39, 0.29) is 5.78 Å². The van der Waals surface area contributed by atoms with Crippen molar-refractivity contribution in [3.8, 4) is 5.75 Å². The van der Waals surface area contributed by atoms with Gasteiger partial charge in [0.1, 0.15) is 16.6 Å². The van der Waals surface area contributed by atoms with Gasteiger partial charge in [-0.05, 0) is 37.1 Å². The number of halogens is 1. The maximum absolute atomic E-state index is 12.6. The third kappa shape index (κ3) is 3.55. The number of methoxy groups -OCH3 is 1. The number of benzene rings is 2. The van der Waals surface area contributed by atoms with Gasteiger partial charge in [-0.25, -0.2) is 9.97 Å². The standard InChI is InChI=1S/C20H17ClN2O2S/c1-25-18-9-8-13(10-15(18)21)17(24)11-26-20-14-4-2-3-5-16(14)22-19(23-20)12-6-7-12/h2-5,8-10,12H,6-7,11H2,1H3. The highest BCUT2D eigenvalue weighted by molar-refractivity contribution is 8.00. The fraction of sp³-hybridized carbons (Fsp3) is 0.250. The van der Waals surface area contributed by atoms with E-state index >= 15 is 0 Å². The molecule has 0 spiro atoms. The number of fused-ring (bicyclic) bond motifs is 1. The Bertz CT molecular complexity index is 989. The molecular formula is C20H17ClN2O2S. The van der Waals surface area contributed by atoms with Crippen molar-refractivity contribution in [3.05, 3.63) is 58.9 Å². The van der Waals surface area contributed by atoms with Crippen molar-refractivity contribution in [2.24, 2.45) is 0 Å². The number of aromatic nitrogens is 2. The number of rotatable bonds is 6. The summed E-state index contributed by atoms with van der Waals surface area (Å²) >= 11 is 7.58. The summed E-state index contributed by atoms with van der Waals surface area (Å²) < 4.78 is 5.13. The van der Waals surface area contributed by atoms with E-state index in [1.165, 1.54) is 11.8 Å². The highest BCUT2D eigenvalue weighted by Crippen LogP contribution is 2.40. The van der Waals surface area contributed by atoms with Gasteiger partial charge in [-0.3, -0.25) is 4.79 Å². The van der Waals surface area contributed by atoms with Crippen LogP contribution in [0.3, 0.4) is 0 Å². The van der Waals surface area contributed by atoms with Crippen LogP contribution in [-0.4, -0.2) is 28.6 Å². The number of hydrogen-bond donors (Lipinski definition) is 0. The van der Waals surface area contributed by atoms with E-state index in [4.69, 9.17) is 21.3 Å². The van der Waals surface area contributed by atoms with E-state index in [0.717, 1.165) is 34.6 Å². The molecule has 4 rings (SSSR count). The number of carbonyl (C=O) groups is 1. The molecule has 4 nitrogen and oxygen atoms in total. The highest BCUT2D eigenvalue weighted by Gasteiger charge is 2.27. The Hall–Kier alpha value is -2.11. The third-order valence-electron chi connectivity index (χ3n) is 4.34. The van der Waals surface area contributed by atoms with Crippen LogP contribution in [0.2, 0.25) is 5.02 Å². The van der Waals surface area contributed by atoms with Crippen LogP contribution in [0.5, 0.6) is 5.75 Å². The summed E-state index contributed by atoms with van der Waals surface area (Å²) in [4.78, 5) is 22.0. The summed E-state index contributed by atoms with van der Waals surface area (Å²) in [5.74, 6) is 2.23. The Morgan fingerprint density at radius 2 is 2.04 bits per heavy atom. The van der Waals surface area contributed by atoms with Crippen LogP contribution < -0.4 is 4.74 Å². The van der Waals surface area contributed by atoms with Gasteiger partial charge in [-0.2, -0.15) is 0 Å². The maximum atomic E-state index is 12.6. The fourth-order valence-corrected chi connectivity index (χ4v) is 3.93. The molecule has 0 saturated heterocycles. The van der Waals surface area contributed by atoms with Crippen molar-refractivity contribution in [1.29, 1.82) is 0 Å². The lowest BCUT2D eigenvalue weighted by Gasteiger charge is -2.08. The molecule has 0 N–H and O–H groups in total. The molecule has 0 amide bonds. The van der Waals surface area contributed by atoms with Crippen LogP contribution in [0.4, 0.5) is 0 Å². The Morgan fingerprint density at radius 3 is 2.77 bits per heavy atom. The van der Waals surface area contributed by atoms with E-state index in [0.29, 0.717) is 28.0 Å². The first kappa shape index (κ1) is 17.3. The van der Waals surface area contributed by atoms with Crippen molar-refractivity contribution in [3.63, 3.8) is 0 Å². The second-order valence-electron chi connectivity index (χ2n) is 6.24. The number of nitrogens with zero attached hydrogens (tertiary/aromatic N) is 2. The first-order chi connectivity index (χ1) is 12.7. The molecule has 0 radical (unpaired) electrons. The van der Waals surface area contributed by atoms with Crippen molar-refractivity contribution < 1.29 is 9.53 Å². The molecular weight excluding hydrogens is 368 g/mol. The number of thioether (sulfide) groups is 1. The minimum absolute atomic E-state index is 0.00946. The first-order valence-electron chi connectivity index (χ1n) is 8.42. The monoisotopic (exact) mass is 384 g/mol. The van der Waals surface area contributed by atoms with Crippen LogP contribution in [-0.2, 0) is 0 Å². The topological polar surface area (TPSA) is 52.1 Å². The smallest absolute Gasteiger partial charge is 0.173 e. The van der Waals surface area contributed by atoms with Crippen LogP contribution in [0.15, 0.2) is 47.5 Å². The van der Waals surface area contributed by atoms with Crippen molar-refractivity contribution in [1.82, 2.24) is 9.97 Å². The van der Waals surface area contributed by atoms with Gasteiger partial charge in [0.25, 0.3) is 0 Å². The molecule has 1 aliphatic carbocycles. The molecule has 0 aliphatic heterocycles. The van der Waals surface area contributed by atoms with E-state index in [1.54, 1.807) is 25.3 Å². The molecule has 0 unspecified atom stereocenters. The fourth-order valence-electron chi connectivity index (χ4n) is 2.76. The molecule has 1 aliphatic rings. The molecule has 26 heavy (non-hydrogen) atoms. The van der Waals surface area contributed by atoms with Gasteiger partial charge in [0.15, 0.2) is 5.78 Å². The van der Waals surface area contributed by atoms with Gasteiger partial charge in [-0.15, -0.1) is 0 Å². The molecule has 3 aromatic rings. The van der Waals surface area contributed by atoms with Gasteiger partial charge >= 0.3 is 0 Å². The van der Waals surface area contributed by atoms with Crippen molar-refractivity contribution in [2.45, 2.75) is 23.8 Å². The molecule has 0 bridgehead atoms. The largest absolute Gasteiger partial charge is 0.495 e. The summed E-state index contributed by atoms with van der Waals surface area (Å²) in [7, 11) is 1.55. The number of Topliss-reactive ketones (excluding diaryl/α,β-unsaturated/α-hetero) is 1. The van der Waals surface area contributed by atoms with Crippen LogP contribution in [0.1, 0.15) is 34.9 Å². The zero-order valence-electron chi connectivity index (χ0n) is 14.2. The third-order valence-corrected chi connectivity index (χ3v) is 5.63. The number of ketones is 1. The molecule has 1 saturated carbocycles. The number of hydrogen-bond acceptors (Lipinski definition) is 5. The quantitative estimate of drug-likeness (QED) is 0.334. The molecule has 2 aromatic carbocycles. The lowest BCUT2D eigenvalue weighted by atomic mass is 10.1. The summed E-state index contributed by atoms with van der Waals surface area (Å²) in [5, 5.41) is 2.29. The van der Waals surface area contributed by atoms with Gasteiger partial charge in [0.2, 0.25) is 0 Å². The van der Waals surface area contributed by atoms with Gasteiger partial charge in [0.05, 0.1) is 23.4 Å². The van der Waals surface area contributed by atoms with Gasteiger partial charge in [0, 0.05) is 16.9 Å². The summed E-state index contributed by atoms with van der Waals surface area (Å²) in [6.45, 7) is 0. The Morgan fingerprint density at radius 1 is 1.23 bits per heavy atom. The summed E-state index contributed by atoms with van der Waals surface area (Å²) in [6.07, 6.45) is 2.29. The second-order valence-corrected chi connectivity index (χ2v) is 7.61. The zero-order valence-corrected chi connectivity index (χ0v) is 15.8. The number of para-hydroxylation sites is 1. The van der Waals surface area contributed by atoms with Crippen molar-refractivity contribution >= 4 is 40.0 Å². The van der Waals surface area contributed by atoms with Crippen LogP contribution >= 0.6 is 23.4 Å². The molecule has 1 aromatic heterocycles. The van der Waals surface area contributed by atoms with Gasteiger partial charge in [-0.1, -0.05) is 41.6 Å². The SMILES string of the molecule is COc1ccc(C(=O)CSc2nc(C3CC3)nc3ccccc23)cc1Cl. The number of carbonyl (C=O) groups excluding carboxylic acids is 1. The normalized spacial score (nSPS) is 13.8. The van der Waals surface area contributed by atoms with E-state index in [1.807, 2.05) is 24.3 Å². The predicted molar refractivity (Wildman–Crippen MR) is 105 cm³/mol. The maximum Gasteiger partial charge on any atom is 0.173 e. The Kier molecular flexibility index (Phi) is 4.83. The van der Waals surface area contributed by atoms with Gasteiger partial charge < -0.3 is 4.74 Å². The van der Waals surface area contributed by atoms with Crippen molar-refractivity contribution in [2.75, 3.05) is 12.9 Å². The first-order valence-corrected chi connectivity index (χ1v) is 9.78.